The second-order valence-corrected chi connectivity index (χ2v) is 4.75. The molecule has 1 aromatic carbocycles. The molecule has 0 aliphatic rings. The Morgan fingerprint density at radius 2 is 2.06 bits per heavy atom. The fourth-order valence-corrected chi connectivity index (χ4v) is 2.06. The lowest BCUT2D eigenvalue weighted by Crippen LogP contribution is -2.30. The lowest BCUT2D eigenvalue weighted by molar-refractivity contribution is 0.448. The minimum Gasteiger partial charge on any atom is -0.309 e. The van der Waals surface area contributed by atoms with Crippen molar-refractivity contribution in [1.29, 1.82) is 0 Å². The van der Waals surface area contributed by atoms with Crippen LogP contribution in [0.1, 0.15) is 39.1 Å². The van der Waals surface area contributed by atoms with Gasteiger partial charge >= 0.3 is 0 Å². The normalized spacial score (nSPS) is 13.1. The average molecular weight is 245 g/mol. The Bertz CT molecular complexity index is 589. The second-order valence-electron chi connectivity index (χ2n) is 4.75. The van der Waals surface area contributed by atoms with Crippen LogP contribution in [0.15, 0.2) is 29.1 Å². The number of H-pyrrole nitrogens is 1. The molecule has 96 valence electrons. The topological polar surface area (TPSA) is 57.8 Å². The molecular formula is C14H19N3O. The van der Waals surface area contributed by atoms with Crippen molar-refractivity contribution in [1.82, 2.24) is 15.3 Å². The predicted molar refractivity (Wildman–Crippen MR) is 73.7 cm³/mol. The third-order valence-electron chi connectivity index (χ3n) is 2.90. The highest BCUT2D eigenvalue weighted by atomic mass is 16.1. The van der Waals surface area contributed by atoms with Crippen molar-refractivity contribution in [2.24, 2.45) is 0 Å². The van der Waals surface area contributed by atoms with Crippen molar-refractivity contribution in [3.8, 4) is 0 Å². The van der Waals surface area contributed by atoms with Crippen molar-refractivity contribution >= 4 is 10.9 Å². The number of fused-ring (bicyclic) bond motifs is 1. The smallest absolute Gasteiger partial charge is 0.258 e. The zero-order chi connectivity index (χ0) is 13.1. The Balaban J connectivity index is 2.48. The van der Waals surface area contributed by atoms with Gasteiger partial charge in [-0.2, -0.15) is 0 Å². The molecule has 0 amide bonds. The maximum Gasteiger partial charge on any atom is 0.258 e. The van der Waals surface area contributed by atoms with Crippen LogP contribution in [0.2, 0.25) is 0 Å². The minimum absolute atomic E-state index is 0.0698. The van der Waals surface area contributed by atoms with Crippen LogP contribution in [0.5, 0.6) is 0 Å². The highest BCUT2D eigenvalue weighted by Crippen LogP contribution is 2.14. The number of benzene rings is 1. The van der Waals surface area contributed by atoms with Crippen LogP contribution >= 0.6 is 0 Å². The SMILES string of the molecule is CCC(NC(C)C)c1nc2ccccc2c(=O)[nH]1. The number of nitrogens with one attached hydrogen (secondary N) is 2. The average Bonchev–Trinajstić information content (AvgIpc) is 2.35. The lowest BCUT2D eigenvalue weighted by atomic mass is 10.1. The van der Waals surface area contributed by atoms with E-state index in [-0.39, 0.29) is 11.6 Å². The van der Waals surface area contributed by atoms with E-state index in [9.17, 15) is 4.79 Å². The maximum absolute atomic E-state index is 12.0. The highest BCUT2D eigenvalue weighted by molar-refractivity contribution is 5.77. The summed E-state index contributed by atoms with van der Waals surface area (Å²) in [5, 5.41) is 4.04. The van der Waals surface area contributed by atoms with Crippen LogP contribution in [0.25, 0.3) is 10.9 Å². The van der Waals surface area contributed by atoms with Crippen LogP contribution in [0, 0.1) is 0 Å². The molecular weight excluding hydrogens is 226 g/mol. The van der Waals surface area contributed by atoms with E-state index in [0.29, 0.717) is 11.4 Å². The van der Waals surface area contributed by atoms with E-state index in [1.165, 1.54) is 0 Å². The number of hydrogen-bond donors (Lipinski definition) is 2. The summed E-state index contributed by atoms with van der Waals surface area (Å²) in [6, 6.07) is 7.85. The Morgan fingerprint density at radius 3 is 2.72 bits per heavy atom. The fraction of sp³-hybridized carbons (Fsp3) is 0.429. The van der Waals surface area contributed by atoms with Crippen molar-refractivity contribution in [3.05, 3.63) is 40.4 Å². The molecule has 0 aliphatic heterocycles. The van der Waals surface area contributed by atoms with Gasteiger partial charge in [-0.15, -0.1) is 0 Å². The van der Waals surface area contributed by atoms with Gasteiger partial charge in [-0.1, -0.05) is 32.9 Å². The summed E-state index contributed by atoms with van der Waals surface area (Å²) in [4.78, 5) is 19.4. The number of aromatic nitrogens is 2. The van der Waals surface area contributed by atoms with Crippen LogP contribution in [0.3, 0.4) is 0 Å². The first-order chi connectivity index (χ1) is 8.61. The minimum atomic E-state index is -0.0698. The van der Waals surface area contributed by atoms with E-state index >= 15 is 0 Å². The van der Waals surface area contributed by atoms with Crippen LogP contribution < -0.4 is 10.9 Å². The van der Waals surface area contributed by atoms with Crippen molar-refractivity contribution in [2.45, 2.75) is 39.3 Å². The highest BCUT2D eigenvalue weighted by Gasteiger charge is 2.14. The molecule has 0 bridgehead atoms. The molecule has 18 heavy (non-hydrogen) atoms. The van der Waals surface area contributed by atoms with Gasteiger partial charge in [0.1, 0.15) is 5.82 Å². The monoisotopic (exact) mass is 245 g/mol. The number of aromatic amines is 1. The summed E-state index contributed by atoms with van der Waals surface area (Å²) >= 11 is 0. The molecule has 1 atom stereocenters. The largest absolute Gasteiger partial charge is 0.309 e. The van der Waals surface area contributed by atoms with Gasteiger partial charge in [0.05, 0.1) is 16.9 Å². The molecule has 0 spiro atoms. The van der Waals surface area contributed by atoms with Crippen molar-refractivity contribution in [2.75, 3.05) is 0 Å². The van der Waals surface area contributed by atoms with Gasteiger partial charge in [0.2, 0.25) is 0 Å². The van der Waals surface area contributed by atoms with Crippen molar-refractivity contribution < 1.29 is 0 Å². The van der Waals surface area contributed by atoms with Crippen molar-refractivity contribution in [3.63, 3.8) is 0 Å². The van der Waals surface area contributed by atoms with Crippen LogP contribution in [0.4, 0.5) is 0 Å². The Labute approximate surface area is 106 Å². The zero-order valence-electron chi connectivity index (χ0n) is 11.0. The summed E-state index contributed by atoms with van der Waals surface area (Å²) in [6.45, 7) is 6.25. The quantitative estimate of drug-likeness (QED) is 0.869. The molecule has 4 nitrogen and oxygen atoms in total. The number of rotatable bonds is 4. The third-order valence-corrected chi connectivity index (χ3v) is 2.90. The summed E-state index contributed by atoms with van der Waals surface area (Å²) in [5.74, 6) is 0.718. The van der Waals surface area contributed by atoms with E-state index in [0.717, 1.165) is 17.8 Å². The van der Waals surface area contributed by atoms with Gasteiger partial charge in [-0.25, -0.2) is 4.98 Å². The summed E-state index contributed by atoms with van der Waals surface area (Å²) in [6.07, 6.45) is 0.888. The van der Waals surface area contributed by atoms with Gasteiger partial charge in [-0.05, 0) is 18.6 Å². The van der Waals surface area contributed by atoms with Gasteiger partial charge in [0.25, 0.3) is 5.56 Å². The molecule has 1 unspecified atom stereocenters. The van der Waals surface area contributed by atoms with E-state index in [4.69, 9.17) is 0 Å². The molecule has 0 aliphatic carbocycles. The van der Waals surface area contributed by atoms with Crippen LogP contribution in [-0.2, 0) is 0 Å². The first-order valence-electron chi connectivity index (χ1n) is 6.36. The van der Waals surface area contributed by atoms with E-state index in [1.807, 2.05) is 18.2 Å². The number of para-hydroxylation sites is 1. The molecule has 0 saturated heterocycles. The lowest BCUT2D eigenvalue weighted by Gasteiger charge is -2.19. The second kappa shape index (κ2) is 5.31. The molecule has 2 N–H and O–H groups in total. The van der Waals surface area contributed by atoms with Gasteiger partial charge in [0, 0.05) is 6.04 Å². The Hall–Kier alpha value is -1.68. The van der Waals surface area contributed by atoms with E-state index in [2.05, 4.69) is 36.1 Å². The molecule has 0 saturated carbocycles. The third kappa shape index (κ3) is 2.59. The first kappa shape index (κ1) is 12.8. The van der Waals surface area contributed by atoms with E-state index in [1.54, 1.807) is 6.07 Å². The van der Waals surface area contributed by atoms with E-state index < -0.39 is 0 Å². The molecule has 1 heterocycles. The van der Waals surface area contributed by atoms with Gasteiger partial charge in [0.15, 0.2) is 0 Å². The Morgan fingerprint density at radius 1 is 1.33 bits per heavy atom. The first-order valence-corrected chi connectivity index (χ1v) is 6.36. The fourth-order valence-electron chi connectivity index (χ4n) is 2.06. The van der Waals surface area contributed by atoms with Gasteiger partial charge in [-0.3, -0.25) is 4.79 Å². The summed E-state index contributed by atoms with van der Waals surface area (Å²) in [5.41, 5.74) is 0.680. The molecule has 0 fully saturated rings. The Kier molecular flexibility index (Phi) is 3.77. The molecule has 1 aromatic heterocycles. The summed E-state index contributed by atoms with van der Waals surface area (Å²) in [7, 11) is 0. The maximum atomic E-state index is 12.0. The molecule has 2 aromatic rings. The molecule has 4 heteroatoms. The van der Waals surface area contributed by atoms with Gasteiger partial charge < -0.3 is 10.3 Å². The molecule has 2 rings (SSSR count). The molecule has 0 radical (unpaired) electrons. The summed E-state index contributed by atoms with van der Waals surface area (Å²) < 4.78 is 0. The standard InChI is InChI=1S/C14H19N3O/c1-4-11(15-9(2)3)13-16-12-8-6-5-7-10(12)14(18)17-13/h5-9,11,15H,4H2,1-3H3,(H,16,17,18). The number of hydrogen-bond acceptors (Lipinski definition) is 3. The predicted octanol–water partition coefficient (Wildman–Crippen LogP) is 2.37. The van der Waals surface area contributed by atoms with Crippen LogP contribution in [-0.4, -0.2) is 16.0 Å². The number of nitrogens with zero attached hydrogens (tertiary/aromatic N) is 1. The zero-order valence-corrected chi connectivity index (χ0v) is 11.0.